The zero-order valence-electron chi connectivity index (χ0n) is 14.3. The highest BCUT2D eigenvalue weighted by atomic mass is 16.3. The second kappa shape index (κ2) is 7.77. The summed E-state index contributed by atoms with van der Waals surface area (Å²) < 4.78 is 0. The molecule has 3 aromatic rings. The smallest absolute Gasteiger partial charge is 0.105 e. The number of rotatable bonds is 5. The van der Waals surface area contributed by atoms with Crippen molar-refractivity contribution in [3.05, 3.63) is 88.7 Å². The number of nitrogens with zero attached hydrogens (tertiary/aromatic N) is 1. The van der Waals surface area contributed by atoms with Gasteiger partial charge in [0.25, 0.3) is 0 Å². The van der Waals surface area contributed by atoms with Crippen LogP contribution in [-0.2, 0) is 0 Å². The van der Waals surface area contributed by atoms with Crippen LogP contribution in [0.3, 0.4) is 0 Å². The SMILES string of the molecule is C=c1[nH]c(-c2ccccc2)c/c1=C/C(=C\CC)C(O)c1cccnc1. The maximum atomic E-state index is 10.7. The Bertz CT molecular complexity index is 956. The van der Waals surface area contributed by atoms with Gasteiger partial charge in [0.15, 0.2) is 0 Å². The number of aromatic nitrogens is 2. The molecule has 1 unspecified atom stereocenters. The van der Waals surface area contributed by atoms with Gasteiger partial charge in [-0.2, -0.15) is 0 Å². The number of aromatic amines is 1. The normalized spacial score (nSPS) is 13.8. The first-order valence-electron chi connectivity index (χ1n) is 8.42. The van der Waals surface area contributed by atoms with Crippen LogP contribution in [0.15, 0.2) is 72.6 Å². The summed E-state index contributed by atoms with van der Waals surface area (Å²) in [6.07, 6.45) is 7.56. The lowest BCUT2D eigenvalue weighted by Crippen LogP contribution is -2.20. The first-order valence-corrected chi connectivity index (χ1v) is 8.42. The summed E-state index contributed by atoms with van der Waals surface area (Å²) in [4.78, 5) is 7.42. The van der Waals surface area contributed by atoms with Gasteiger partial charge in [0.1, 0.15) is 6.10 Å². The molecule has 2 N–H and O–H groups in total. The average Bonchev–Trinajstić information content (AvgIpc) is 3.03. The molecule has 25 heavy (non-hydrogen) atoms. The Hall–Kier alpha value is -2.91. The van der Waals surface area contributed by atoms with Gasteiger partial charge in [0.2, 0.25) is 0 Å². The van der Waals surface area contributed by atoms with Crippen LogP contribution in [0, 0.1) is 0 Å². The molecule has 2 heterocycles. The molecular weight excluding hydrogens is 308 g/mol. The number of benzene rings is 1. The largest absolute Gasteiger partial charge is 0.384 e. The zero-order valence-corrected chi connectivity index (χ0v) is 14.3. The molecule has 3 rings (SSSR count). The molecule has 0 spiro atoms. The molecule has 3 nitrogen and oxygen atoms in total. The molecule has 0 radical (unpaired) electrons. The Balaban J connectivity index is 2.01. The molecule has 3 heteroatoms. The highest BCUT2D eigenvalue weighted by Crippen LogP contribution is 2.22. The van der Waals surface area contributed by atoms with Crippen molar-refractivity contribution >= 4 is 12.7 Å². The molecule has 1 atom stereocenters. The van der Waals surface area contributed by atoms with E-state index in [0.717, 1.165) is 39.4 Å². The van der Waals surface area contributed by atoms with Gasteiger partial charge in [-0.15, -0.1) is 0 Å². The summed E-state index contributed by atoms with van der Waals surface area (Å²) in [5, 5.41) is 12.5. The number of aliphatic hydroxyl groups is 1. The molecular formula is C22H22N2O. The first kappa shape index (κ1) is 16.9. The standard InChI is InChI=1S/C22H22N2O/c1-3-8-18(22(25)19-11-7-12-23-15-19)13-20-14-21(24-16(20)2)17-9-5-4-6-10-17/h4-15,22,24-25H,2-3H2,1H3/b18-8+,20-13-. The van der Waals surface area contributed by atoms with Gasteiger partial charge in [-0.05, 0) is 41.0 Å². The summed E-state index contributed by atoms with van der Waals surface area (Å²) in [6.45, 7) is 6.16. The number of allylic oxidation sites excluding steroid dienone is 1. The third-order valence-electron chi connectivity index (χ3n) is 4.10. The maximum absolute atomic E-state index is 10.7. The molecule has 2 aromatic heterocycles. The van der Waals surface area contributed by atoms with Crippen molar-refractivity contribution in [2.45, 2.75) is 19.4 Å². The number of hydrogen-bond acceptors (Lipinski definition) is 2. The fourth-order valence-electron chi connectivity index (χ4n) is 2.81. The Labute approximate surface area is 147 Å². The van der Waals surface area contributed by atoms with E-state index in [-0.39, 0.29) is 0 Å². The van der Waals surface area contributed by atoms with Crippen LogP contribution in [0.1, 0.15) is 25.0 Å². The van der Waals surface area contributed by atoms with Gasteiger partial charge >= 0.3 is 0 Å². The molecule has 0 amide bonds. The van der Waals surface area contributed by atoms with Crippen molar-refractivity contribution in [3.63, 3.8) is 0 Å². The van der Waals surface area contributed by atoms with Crippen LogP contribution in [0.5, 0.6) is 0 Å². The highest BCUT2D eigenvalue weighted by Gasteiger charge is 2.11. The van der Waals surface area contributed by atoms with Gasteiger partial charge in [-0.3, -0.25) is 4.98 Å². The van der Waals surface area contributed by atoms with E-state index in [4.69, 9.17) is 0 Å². The molecule has 0 bridgehead atoms. The van der Waals surface area contributed by atoms with Crippen LogP contribution in [-0.4, -0.2) is 15.1 Å². The summed E-state index contributed by atoms with van der Waals surface area (Å²) in [5.74, 6) is 0. The lowest BCUT2D eigenvalue weighted by Gasteiger charge is -2.11. The van der Waals surface area contributed by atoms with Crippen molar-refractivity contribution in [3.8, 4) is 11.3 Å². The number of nitrogens with one attached hydrogen (secondary N) is 1. The Morgan fingerprint density at radius 2 is 2.04 bits per heavy atom. The minimum Gasteiger partial charge on any atom is -0.384 e. The molecule has 1 aromatic carbocycles. The molecule has 0 aliphatic rings. The van der Waals surface area contributed by atoms with Crippen molar-refractivity contribution in [2.75, 3.05) is 0 Å². The van der Waals surface area contributed by atoms with Crippen molar-refractivity contribution in [1.82, 2.24) is 9.97 Å². The van der Waals surface area contributed by atoms with Crippen LogP contribution in [0.25, 0.3) is 23.9 Å². The number of hydrogen-bond donors (Lipinski definition) is 2. The van der Waals surface area contributed by atoms with Crippen LogP contribution in [0.4, 0.5) is 0 Å². The maximum Gasteiger partial charge on any atom is 0.105 e. The van der Waals surface area contributed by atoms with E-state index in [1.165, 1.54) is 0 Å². The average molecular weight is 330 g/mol. The fourth-order valence-corrected chi connectivity index (χ4v) is 2.81. The lowest BCUT2D eigenvalue weighted by atomic mass is 10.0. The summed E-state index contributed by atoms with van der Waals surface area (Å²) in [6, 6.07) is 15.9. The summed E-state index contributed by atoms with van der Waals surface area (Å²) >= 11 is 0. The van der Waals surface area contributed by atoms with Crippen molar-refractivity contribution < 1.29 is 5.11 Å². The fraction of sp³-hybridized carbons (Fsp3) is 0.136. The number of H-pyrrole nitrogens is 1. The number of pyridine rings is 1. The van der Waals surface area contributed by atoms with E-state index >= 15 is 0 Å². The molecule has 0 saturated heterocycles. The zero-order chi connectivity index (χ0) is 17.6. The van der Waals surface area contributed by atoms with E-state index in [9.17, 15) is 5.11 Å². The van der Waals surface area contributed by atoms with Crippen LogP contribution < -0.4 is 10.6 Å². The monoisotopic (exact) mass is 330 g/mol. The first-order chi connectivity index (χ1) is 12.2. The van der Waals surface area contributed by atoms with Crippen LogP contribution >= 0.6 is 0 Å². The van der Waals surface area contributed by atoms with E-state index in [0.29, 0.717) is 0 Å². The van der Waals surface area contributed by atoms with E-state index in [1.807, 2.05) is 42.5 Å². The van der Waals surface area contributed by atoms with Gasteiger partial charge in [0.05, 0.1) is 0 Å². The van der Waals surface area contributed by atoms with Gasteiger partial charge in [-0.1, -0.05) is 56.0 Å². The second-order valence-corrected chi connectivity index (χ2v) is 5.93. The highest BCUT2D eigenvalue weighted by molar-refractivity contribution is 5.61. The lowest BCUT2D eigenvalue weighted by molar-refractivity contribution is 0.220. The predicted molar refractivity (Wildman–Crippen MR) is 103 cm³/mol. The van der Waals surface area contributed by atoms with Crippen molar-refractivity contribution in [1.29, 1.82) is 0 Å². The van der Waals surface area contributed by atoms with E-state index in [1.54, 1.807) is 12.4 Å². The predicted octanol–water partition coefficient (Wildman–Crippen LogP) is 3.34. The van der Waals surface area contributed by atoms with Crippen LogP contribution in [0.2, 0.25) is 0 Å². The van der Waals surface area contributed by atoms with Gasteiger partial charge in [0, 0.05) is 29.0 Å². The number of aliphatic hydroxyl groups excluding tert-OH is 1. The Morgan fingerprint density at radius 1 is 1.24 bits per heavy atom. The Morgan fingerprint density at radius 3 is 2.72 bits per heavy atom. The van der Waals surface area contributed by atoms with Gasteiger partial charge < -0.3 is 10.1 Å². The summed E-state index contributed by atoms with van der Waals surface area (Å²) in [7, 11) is 0. The third kappa shape index (κ3) is 3.95. The van der Waals surface area contributed by atoms with E-state index in [2.05, 4.69) is 41.7 Å². The topological polar surface area (TPSA) is 48.9 Å². The quantitative estimate of drug-likeness (QED) is 0.754. The molecule has 126 valence electrons. The molecule has 0 aliphatic heterocycles. The minimum absolute atomic E-state index is 0.705. The molecule has 0 fully saturated rings. The van der Waals surface area contributed by atoms with Crippen molar-refractivity contribution in [2.24, 2.45) is 0 Å². The third-order valence-corrected chi connectivity index (χ3v) is 4.10. The Kier molecular flexibility index (Phi) is 5.26. The summed E-state index contributed by atoms with van der Waals surface area (Å²) in [5.41, 5.74) is 3.76. The second-order valence-electron chi connectivity index (χ2n) is 5.93. The molecule has 0 aliphatic carbocycles. The van der Waals surface area contributed by atoms with E-state index < -0.39 is 6.10 Å². The van der Waals surface area contributed by atoms with Gasteiger partial charge in [-0.25, -0.2) is 0 Å². The molecule has 0 saturated carbocycles. The minimum atomic E-state index is -0.705.